The summed E-state index contributed by atoms with van der Waals surface area (Å²) in [6, 6.07) is 7.76. The Hall–Kier alpha value is -3.33. The molecule has 5 rings (SSSR count). The van der Waals surface area contributed by atoms with Crippen LogP contribution in [-0.4, -0.2) is 35.8 Å². The number of carbonyl (C=O) groups is 3. The SMILES string of the molecule is NC1CCC(NC(=O)c2ccc3c(c2)NC(=O)CC(C2CCCCC2)N3C(=O)c2ccc(F)c(F)c2)CC1. The number of nitrogens with one attached hydrogen (secondary N) is 2. The summed E-state index contributed by atoms with van der Waals surface area (Å²) in [7, 11) is 0. The van der Waals surface area contributed by atoms with Crippen LogP contribution >= 0.6 is 0 Å². The van der Waals surface area contributed by atoms with Crippen LogP contribution in [0.25, 0.3) is 0 Å². The summed E-state index contributed by atoms with van der Waals surface area (Å²) in [5, 5.41) is 5.95. The zero-order chi connectivity index (χ0) is 26.8. The third-order valence-electron chi connectivity index (χ3n) is 8.20. The van der Waals surface area contributed by atoms with E-state index >= 15 is 0 Å². The average molecular weight is 525 g/mol. The van der Waals surface area contributed by atoms with E-state index in [0.717, 1.165) is 69.9 Å². The molecule has 0 spiro atoms. The number of amides is 3. The Morgan fingerprint density at radius 2 is 1.61 bits per heavy atom. The number of hydrogen-bond acceptors (Lipinski definition) is 4. The van der Waals surface area contributed by atoms with Crippen LogP contribution < -0.4 is 21.3 Å². The molecular formula is C29H34F2N4O3. The molecule has 202 valence electrons. The van der Waals surface area contributed by atoms with E-state index in [1.54, 1.807) is 23.1 Å². The second-order valence-electron chi connectivity index (χ2n) is 10.8. The number of benzene rings is 2. The highest BCUT2D eigenvalue weighted by atomic mass is 19.2. The molecule has 1 aliphatic heterocycles. The second kappa shape index (κ2) is 11.2. The molecule has 9 heteroatoms. The van der Waals surface area contributed by atoms with Crippen LogP contribution in [0.3, 0.4) is 0 Å². The number of hydrogen-bond donors (Lipinski definition) is 3. The molecule has 38 heavy (non-hydrogen) atoms. The molecule has 2 saturated carbocycles. The number of anilines is 2. The van der Waals surface area contributed by atoms with Crippen LogP contribution in [0.5, 0.6) is 0 Å². The summed E-state index contributed by atoms with van der Waals surface area (Å²) in [5.74, 6) is -3.06. The number of nitrogens with zero attached hydrogens (tertiary/aromatic N) is 1. The zero-order valence-electron chi connectivity index (χ0n) is 21.3. The fourth-order valence-corrected chi connectivity index (χ4v) is 6.11. The first-order chi connectivity index (χ1) is 18.3. The van der Waals surface area contributed by atoms with Crippen molar-refractivity contribution in [2.75, 3.05) is 10.2 Å². The largest absolute Gasteiger partial charge is 0.349 e. The molecule has 0 bridgehead atoms. The van der Waals surface area contributed by atoms with Crippen molar-refractivity contribution < 1.29 is 23.2 Å². The molecule has 3 aliphatic rings. The Morgan fingerprint density at radius 1 is 0.895 bits per heavy atom. The van der Waals surface area contributed by atoms with Gasteiger partial charge in [-0.25, -0.2) is 8.78 Å². The minimum Gasteiger partial charge on any atom is -0.349 e. The third-order valence-corrected chi connectivity index (χ3v) is 8.20. The molecule has 2 aliphatic carbocycles. The van der Waals surface area contributed by atoms with Crippen LogP contribution in [-0.2, 0) is 4.79 Å². The van der Waals surface area contributed by atoms with Gasteiger partial charge in [0.25, 0.3) is 11.8 Å². The van der Waals surface area contributed by atoms with Crippen LogP contribution in [0.15, 0.2) is 36.4 Å². The summed E-state index contributed by atoms with van der Waals surface area (Å²) < 4.78 is 27.7. The summed E-state index contributed by atoms with van der Waals surface area (Å²) in [4.78, 5) is 41.5. The van der Waals surface area contributed by atoms with Crippen molar-refractivity contribution in [1.29, 1.82) is 0 Å². The lowest BCUT2D eigenvalue weighted by molar-refractivity contribution is -0.116. The first-order valence-corrected chi connectivity index (χ1v) is 13.6. The van der Waals surface area contributed by atoms with Crippen molar-refractivity contribution in [3.63, 3.8) is 0 Å². The molecular weight excluding hydrogens is 490 g/mol. The molecule has 0 aromatic heterocycles. The standard InChI is InChI=1S/C29H34F2N4O3/c30-22-12-6-19(14-23(22)31)29(38)35-25-13-7-18(28(37)33-21-10-8-20(32)9-11-21)15-24(25)34-27(36)16-26(35)17-4-2-1-3-5-17/h6-7,12-15,17,20-21,26H,1-5,8-11,16,32H2,(H,33,37)(H,34,36). The molecule has 1 heterocycles. The van der Waals surface area contributed by atoms with E-state index in [9.17, 15) is 23.2 Å². The van der Waals surface area contributed by atoms with Crippen molar-refractivity contribution in [2.24, 2.45) is 11.7 Å². The summed E-state index contributed by atoms with van der Waals surface area (Å²) in [5.41, 5.74) is 7.15. The Bertz CT molecular complexity index is 1220. The van der Waals surface area contributed by atoms with Gasteiger partial charge in [0.1, 0.15) is 0 Å². The van der Waals surface area contributed by atoms with E-state index in [0.29, 0.717) is 16.9 Å². The van der Waals surface area contributed by atoms with Crippen molar-refractivity contribution in [2.45, 2.75) is 82.3 Å². The van der Waals surface area contributed by atoms with Gasteiger partial charge in [0.15, 0.2) is 11.6 Å². The van der Waals surface area contributed by atoms with Crippen LogP contribution in [0.4, 0.5) is 20.2 Å². The second-order valence-corrected chi connectivity index (χ2v) is 10.8. The molecule has 4 N–H and O–H groups in total. The van der Waals surface area contributed by atoms with E-state index < -0.39 is 23.6 Å². The predicted octanol–water partition coefficient (Wildman–Crippen LogP) is 4.90. The number of rotatable bonds is 4. The molecule has 1 unspecified atom stereocenters. The molecule has 7 nitrogen and oxygen atoms in total. The average Bonchev–Trinajstić information content (AvgIpc) is 3.06. The smallest absolute Gasteiger partial charge is 0.258 e. The fourth-order valence-electron chi connectivity index (χ4n) is 6.11. The van der Waals surface area contributed by atoms with Crippen LogP contribution in [0.2, 0.25) is 0 Å². The van der Waals surface area contributed by atoms with Crippen molar-refractivity contribution in [3.05, 3.63) is 59.2 Å². The van der Waals surface area contributed by atoms with Gasteiger partial charge in [0.05, 0.1) is 11.4 Å². The minimum atomic E-state index is -1.11. The molecule has 0 saturated heterocycles. The van der Waals surface area contributed by atoms with E-state index in [2.05, 4.69) is 10.6 Å². The lowest BCUT2D eigenvalue weighted by atomic mass is 9.81. The molecule has 2 fully saturated rings. The normalized spacial score (nSPS) is 24.2. The summed E-state index contributed by atoms with van der Waals surface area (Å²) >= 11 is 0. The van der Waals surface area contributed by atoms with E-state index in [1.807, 2.05) is 0 Å². The topological polar surface area (TPSA) is 105 Å². The van der Waals surface area contributed by atoms with Gasteiger partial charge >= 0.3 is 0 Å². The first-order valence-electron chi connectivity index (χ1n) is 13.6. The Kier molecular flexibility index (Phi) is 7.74. The first kappa shape index (κ1) is 26.3. The van der Waals surface area contributed by atoms with Gasteiger partial charge < -0.3 is 21.3 Å². The number of halogens is 2. The van der Waals surface area contributed by atoms with Gasteiger partial charge in [-0.1, -0.05) is 19.3 Å². The van der Waals surface area contributed by atoms with E-state index in [4.69, 9.17) is 5.73 Å². The molecule has 2 aromatic rings. The molecule has 2 aromatic carbocycles. The Balaban J connectivity index is 1.49. The summed E-state index contributed by atoms with van der Waals surface area (Å²) in [6.07, 6.45) is 8.29. The van der Waals surface area contributed by atoms with Crippen molar-refractivity contribution >= 4 is 29.1 Å². The Morgan fingerprint density at radius 3 is 2.32 bits per heavy atom. The maximum absolute atomic E-state index is 14.1. The van der Waals surface area contributed by atoms with Gasteiger partial charge in [-0.2, -0.15) is 0 Å². The maximum atomic E-state index is 14.1. The fraction of sp³-hybridized carbons (Fsp3) is 0.483. The quantitative estimate of drug-likeness (QED) is 0.529. The van der Waals surface area contributed by atoms with Gasteiger partial charge in [-0.15, -0.1) is 0 Å². The maximum Gasteiger partial charge on any atom is 0.258 e. The zero-order valence-corrected chi connectivity index (χ0v) is 21.3. The number of nitrogens with two attached hydrogens (primary N) is 1. The van der Waals surface area contributed by atoms with Crippen LogP contribution in [0, 0.1) is 17.6 Å². The lowest BCUT2D eigenvalue weighted by Gasteiger charge is -2.37. The lowest BCUT2D eigenvalue weighted by Crippen LogP contribution is -2.46. The molecule has 3 amide bonds. The highest BCUT2D eigenvalue weighted by Gasteiger charge is 2.38. The number of fused-ring (bicyclic) bond motifs is 1. The van der Waals surface area contributed by atoms with Gasteiger partial charge in [-0.05, 0) is 80.8 Å². The molecule has 1 atom stereocenters. The van der Waals surface area contributed by atoms with Crippen molar-refractivity contribution in [3.8, 4) is 0 Å². The highest BCUT2D eigenvalue weighted by Crippen LogP contribution is 2.39. The van der Waals surface area contributed by atoms with Gasteiger partial charge in [0.2, 0.25) is 5.91 Å². The monoisotopic (exact) mass is 524 g/mol. The number of carbonyl (C=O) groups excluding carboxylic acids is 3. The molecule has 0 radical (unpaired) electrons. The van der Waals surface area contributed by atoms with Crippen LogP contribution in [0.1, 0.15) is 84.9 Å². The predicted molar refractivity (Wildman–Crippen MR) is 141 cm³/mol. The third kappa shape index (κ3) is 5.57. The van der Waals surface area contributed by atoms with Crippen molar-refractivity contribution in [1.82, 2.24) is 5.32 Å². The van der Waals surface area contributed by atoms with E-state index in [1.165, 1.54) is 6.07 Å². The van der Waals surface area contributed by atoms with E-state index in [-0.39, 0.29) is 41.8 Å². The van der Waals surface area contributed by atoms with Gasteiger partial charge in [0, 0.05) is 35.7 Å². The summed E-state index contributed by atoms with van der Waals surface area (Å²) in [6.45, 7) is 0. The highest BCUT2D eigenvalue weighted by molar-refractivity contribution is 6.12. The van der Waals surface area contributed by atoms with Gasteiger partial charge in [-0.3, -0.25) is 14.4 Å². The Labute approximate surface area is 221 Å². The minimum absolute atomic E-state index is 0.00216.